The zero-order valence-corrected chi connectivity index (χ0v) is 11.2. The van der Waals surface area contributed by atoms with Crippen molar-refractivity contribution in [2.75, 3.05) is 0 Å². The van der Waals surface area contributed by atoms with Crippen LogP contribution in [0.1, 0.15) is 0 Å². The zero-order valence-electron chi connectivity index (χ0n) is 9.61. The van der Waals surface area contributed by atoms with E-state index in [1.807, 2.05) is 0 Å². The van der Waals surface area contributed by atoms with Gasteiger partial charge in [-0.15, -0.1) is 0 Å². The van der Waals surface area contributed by atoms with E-state index in [-0.39, 0.29) is 5.02 Å². The van der Waals surface area contributed by atoms with E-state index in [1.165, 1.54) is 0 Å². The van der Waals surface area contributed by atoms with E-state index in [1.54, 1.807) is 0 Å². The third-order valence-corrected chi connectivity index (χ3v) is 3.99. The van der Waals surface area contributed by atoms with Crippen LogP contribution in [0.5, 0.6) is 5.75 Å². The summed E-state index contributed by atoms with van der Waals surface area (Å²) >= 11 is 5.64. The Balaban J connectivity index is 2.40. The van der Waals surface area contributed by atoms with Crippen molar-refractivity contribution in [2.24, 2.45) is 0 Å². The molecule has 2 rings (SSSR count). The first-order valence-electron chi connectivity index (χ1n) is 5.14. The molecule has 0 aromatic heterocycles. The van der Waals surface area contributed by atoms with Crippen LogP contribution in [-0.4, -0.2) is 8.42 Å². The summed E-state index contributed by atoms with van der Waals surface area (Å²) in [5.41, 5.74) is 0. The van der Waals surface area contributed by atoms with Crippen LogP contribution in [-0.2, 0) is 10.1 Å². The highest BCUT2D eigenvalue weighted by atomic mass is 35.5. The van der Waals surface area contributed by atoms with Crippen LogP contribution < -0.4 is 4.18 Å². The highest BCUT2D eigenvalue weighted by Crippen LogP contribution is 2.26. The van der Waals surface area contributed by atoms with Gasteiger partial charge in [0.1, 0.15) is 16.5 Å². The van der Waals surface area contributed by atoms with Gasteiger partial charge in [-0.05, 0) is 30.3 Å². The van der Waals surface area contributed by atoms with E-state index in [9.17, 15) is 21.6 Å². The molecule has 0 saturated heterocycles. The molecule has 0 aliphatic rings. The SMILES string of the molecule is O=S(=O)(Oc1ccc(F)c(F)c1)c1cc(F)ccc1Cl. The van der Waals surface area contributed by atoms with Gasteiger partial charge in [-0.25, -0.2) is 13.2 Å². The smallest absolute Gasteiger partial charge is 0.340 e. The second kappa shape index (κ2) is 5.34. The van der Waals surface area contributed by atoms with Gasteiger partial charge in [0.05, 0.1) is 5.02 Å². The molecule has 3 nitrogen and oxygen atoms in total. The van der Waals surface area contributed by atoms with Crippen LogP contribution in [0, 0.1) is 17.5 Å². The standard InChI is InChI=1S/C12H6ClF3O3S/c13-9-3-1-7(14)5-12(9)20(17,18)19-8-2-4-10(15)11(16)6-8/h1-6H. The van der Waals surface area contributed by atoms with Crippen molar-refractivity contribution < 1.29 is 25.8 Å². The molecule has 0 N–H and O–H groups in total. The molecular formula is C12H6ClF3O3S. The highest BCUT2D eigenvalue weighted by molar-refractivity contribution is 7.87. The lowest BCUT2D eigenvalue weighted by Gasteiger charge is -2.08. The highest BCUT2D eigenvalue weighted by Gasteiger charge is 2.21. The first kappa shape index (κ1) is 14.7. The zero-order chi connectivity index (χ0) is 14.9. The molecule has 0 amide bonds. The van der Waals surface area contributed by atoms with Gasteiger partial charge in [-0.1, -0.05) is 11.6 Å². The fourth-order valence-corrected chi connectivity index (χ4v) is 2.78. The molecule has 0 bridgehead atoms. The Morgan fingerprint density at radius 2 is 1.65 bits per heavy atom. The topological polar surface area (TPSA) is 43.4 Å². The monoisotopic (exact) mass is 322 g/mol. The molecule has 0 spiro atoms. The fraction of sp³-hybridized carbons (Fsp3) is 0. The molecule has 20 heavy (non-hydrogen) atoms. The maximum Gasteiger partial charge on any atom is 0.340 e. The Labute approximate surface area is 117 Å². The van der Waals surface area contributed by atoms with E-state index in [0.29, 0.717) is 18.2 Å². The third-order valence-electron chi connectivity index (χ3n) is 2.26. The predicted molar refractivity (Wildman–Crippen MR) is 65.6 cm³/mol. The van der Waals surface area contributed by atoms with Gasteiger partial charge in [0, 0.05) is 6.07 Å². The average molecular weight is 323 g/mol. The Kier molecular flexibility index (Phi) is 3.92. The summed E-state index contributed by atoms with van der Waals surface area (Å²) < 4.78 is 67.1. The molecule has 0 radical (unpaired) electrons. The Morgan fingerprint density at radius 1 is 0.950 bits per heavy atom. The van der Waals surface area contributed by atoms with Gasteiger partial charge in [-0.3, -0.25) is 0 Å². The minimum Gasteiger partial charge on any atom is -0.379 e. The van der Waals surface area contributed by atoms with Crippen LogP contribution in [0.3, 0.4) is 0 Å². The molecule has 0 aliphatic heterocycles. The van der Waals surface area contributed by atoms with Crippen molar-refractivity contribution >= 4 is 21.7 Å². The largest absolute Gasteiger partial charge is 0.379 e. The fourth-order valence-electron chi connectivity index (χ4n) is 1.37. The Hall–Kier alpha value is -1.73. The molecule has 106 valence electrons. The van der Waals surface area contributed by atoms with Gasteiger partial charge < -0.3 is 4.18 Å². The van der Waals surface area contributed by atoms with E-state index in [4.69, 9.17) is 11.6 Å². The Morgan fingerprint density at radius 3 is 2.30 bits per heavy atom. The molecule has 0 heterocycles. The van der Waals surface area contributed by atoms with Crippen molar-refractivity contribution in [1.82, 2.24) is 0 Å². The number of hydrogen-bond donors (Lipinski definition) is 0. The maximum atomic E-state index is 13.0. The minimum absolute atomic E-state index is 0.256. The first-order chi connectivity index (χ1) is 9.29. The van der Waals surface area contributed by atoms with Gasteiger partial charge in [0.2, 0.25) is 0 Å². The summed E-state index contributed by atoms with van der Waals surface area (Å²) in [6.07, 6.45) is 0. The average Bonchev–Trinajstić information content (AvgIpc) is 2.36. The summed E-state index contributed by atoms with van der Waals surface area (Å²) in [6, 6.07) is 4.85. The van der Waals surface area contributed by atoms with Gasteiger partial charge in [0.25, 0.3) is 0 Å². The van der Waals surface area contributed by atoms with Crippen molar-refractivity contribution in [3.05, 3.63) is 58.9 Å². The molecule has 0 aliphatic carbocycles. The lowest BCUT2D eigenvalue weighted by atomic mass is 10.3. The molecule has 2 aromatic rings. The lowest BCUT2D eigenvalue weighted by Crippen LogP contribution is -2.11. The summed E-state index contributed by atoms with van der Waals surface area (Å²) in [4.78, 5) is -0.608. The van der Waals surface area contributed by atoms with E-state index < -0.39 is 38.2 Å². The van der Waals surface area contributed by atoms with Crippen LogP contribution in [0.4, 0.5) is 13.2 Å². The van der Waals surface area contributed by atoms with Gasteiger partial charge in [-0.2, -0.15) is 8.42 Å². The van der Waals surface area contributed by atoms with E-state index in [0.717, 1.165) is 18.2 Å². The van der Waals surface area contributed by atoms with E-state index >= 15 is 0 Å². The lowest BCUT2D eigenvalue weighted by molar-refractivity contribution is 0.471. The number of hydrogen-bond acceptors (Lipinski definition) is 3. The van der Waals surface area contributed by atoms with Crippen molar-refractivity contribution in [2.45, 2.75) is 4.90 Å². The van der Waals surface area contributed by atoms with Crippen LogP contribution in [0.2, 0.25) is 5.02 Å². The van der Waals surface area contributed by atoms with Crippen LogP contribution in [0.15, 0.2) is 41.3 Å². The molecule has 0 fully saturated rings. The molecule has 2 aromatic carbocycles. The second-order valence-electron chi connectivity index (χ2n) is 3.69. The predicted octanol–water partition coefficient (Wildman–Crippen LogP) is 3.53. The third kappa shape index (κ3) is 3.05. The van der Waals surface area contributed by atoms with Gasteiger partial charge >= 0.3 is 10.1 Å². The summed E-state index contributed by atoms with van der Waals surface area (Å²) in [5.74, 6) is -3.72. The summed E-state index contributed by atoms with van der Waals surface area (Å²) in [7, 11) is -4.46. The second-order valence-corrected chi connectivity index (χ2v) is 5.61. The molecular weight excluding hydrogens is 317 g/mol. The quantitative estimate of drug-likeness (QED) is 0.812. The van der Waals surface area contributed by atoms with Crippen LogP contribution >= 0.6 is 11.6 Å². The molecule has 0 saturated carbocycles. The number of benzene rings is 2. The molecule has 8 heteroatoms. The van der Waals surface area contributed by atoms with Crippen molar-refractivity contribution in [1.29, 1.82) is 0 Å². The number of halogens is 4. The summed E-state index contributed by atoms with van der Waals surface area (Å²) in [6.45, 7) is 0. The number of rotatable bonds is 3. The van der Waals surface area contributed by atoms with Crippen LogP contribution in [0.25, 0.3) is 0 Å². The summed E-state index contributed by atoms with van der Waals surface area (Å²) in [5, 5.41) is -0.256. The van der Waals surface area contributed by atoms with Crippen molar-refractivity contribution in [3.63, 3.8) is 0 Å². The Bertz CT molecular complexity index is 763. The first-order valence-corrected chi connectivity index (χ1v) is 6.93. The molecule has 0 unspecified atom stereocenters. The molecule has 0 atom stereocenters. The van der Waals surface area contributed by atoms with Gasteiger partial charge in [0.15, 0.2) is 11.6 Å². The van der Waals surface area contributed by atoms with E-state index in [2.05, 4.69) is 4.18 Å². The normalized spacial score (nSPS) is 11.4. The maximum absolute atomic E-state index is 13.0. The minimum atomic E-state index is -4.46. The van der Waals surface area contributed by atoms with Crippen molar-refractivity contribution in [3.8, 4) is 5.75 Å².